The Morgan fingerprint density at radius 2 is 0.857 bits per heavy atom. The summed E-state index contributed by atoms with van der Waals surface area (Å²) in [5, 5.41) is 0. The highest BCUT2D eigenvalue weighted by Crippen LogP contribution is 2.57. The van der Waals surface area contributed by atoms with Crippen LogP contribution in [0, 0.1) is 0 Å². The summed E-state index contributed by atoms with van der Waals surface area (Å²) in [6.45, 7) is 0. The van der Waals surface area contributed by atoms with Crippen LogP contribution in [0.2, 0.25) is 0 Å². The molecule has 0 N–H and O–H groups in total. The maximum absolute atomic E-state index is 2.67. The quantitative estimate of drug-likeness (QED) is 0.202. The molecule has 0 saturated carbocycles. The van der Waals surface area contributed by atoms with Crippen molar-refractivity contribution in [1.29, 1.82) is 0 Å². The van der Waals surface area contributed by atoms with E-state index in [0.717, 1.165) is 19.3 Å². The van der Waals surface area contributed by atoms with E-state index in [1.165, 1.54) is 67.0 Å². The van der Waals surface area contributed by atoms with Crippen LogP contribution in [0.15, 0.2) is 122 Å². The molecule has 4 aromatic carbocycles. The molecule has 2 unspecified atom stereocenters. The molecular weight excluding hydrogens is 508 g/mol. The van der Waals surface area contributed by atoms with Gasteiger partial charge in [-0.05, 0) is 74.9 Å². The molecule has 2 aromatic heterocycles. The standard InChI is InChI=1S/C40H28N2/c1-3-11-30-24(9-1)21-26-15-17-28-23-29-18-16-27-22-25-10-2-4-12-31(25)37-33-14-6-8-20-42(33)40(39(29)35(27)37)38(28)34(26)36(30)32-13-5-7-19-41(32)40/h1-20,36-37H,21-23H2/q+2. The molecule has 4 heterocycles. The number of hydrogen-bond acceptors (Lipinski definition) is 0. The predicted molar refractivity (Wildman–Crippen MR) is 161 cm³/mol. The van der Waals surface area contributed by atoms with Crippen molar-refractivity contribution in [2.24, 2.45) is 0 Å². The molecule has 2 nitrogen and oxygen atoms in total. The van der Waals surface area contributed by atoms with Crippen molar-refractivity contribution in [1.82, 2.24) is 0 Å². The van der Waals surface area contributed by atoms with E-state index in [1.54, 1.807) is 11.1 Å². The summed E-state index contributed by atoms with van der Waals surface area (Å²) in [5.41, 5.74) is 20.3. The van der Waals surface area contributed by atoms with E-state index in [0.29, 0.717) is 0 Å². The van der Waals surface area contributed by atoms with E-state index in [1.807, 2.05) is 0 Å². The van der Waals surface area contributed by atoms with E-state index in [4.69, 9.17) is 0 Å². The van der Waals surface area contributed by atoms with Gasteiger partial charge in [-0.2, -0.15) is 0 Å². The number of pyridine rings is 2. The zero-order valence-electron chi connectivity index (χ0n) is 23.2. The van der Waals surface area contributed by atoms with Crippen LogP contribution < -0.4 is 9.13 Å². The molecule has 0 bridgehead atoms. The van der Waals surface area contributed by atoms with Gasteiger partial charge in [0.2, 0.25) is 11.4 Å². The van der Waals surface area contributed by atoms with E-state index >= 15 is 0 Å². The van der Waals surface area contributed by atoms with Crippen molar-refractivity contribution in [3.05, 3.63) is 200 Å². The third-order valence-electron chi connectivity index (χ3n) is 11.1. The zero-order valence-corrected chi connectivity index (χ0v) is 23.2. The van der Waals surface area contributed by atoms with E-state index in [9.17, 15) is 0 Å². The third kappa shape index (κ3) is 2.32. The Balaban J connectivity index is 1.36. The second-order valence-corrected chi connectivity index (χ2v) is 12.8. The molecule has 11 rings (SSSR count). The van der Waals surface area contributed by atoms with Crippen LogP contribution >= 0.6 is 0 Å². The largest absolute Gasteiger partial charge is 0.416 e. The molecular formula is C40H28N2+2. The van der Waals surface area contributed by atoms with E-state index < -0.39 is 5.66 Å². The lowest BCUT2D eigenvalue weighted by Crippen LogP contribution is -2.81. The average Bonchev–Trinajstić information content (AvgIpc) is 3.05. The van der Waals surface area contributed by atoms with Crippen molar-refractivity contribution >= 4 is 0 Å². The van der Waals surface area contributed by atoms with Gasteiger partial charge in [-0.3, -0.25) is 0 Å². The SMILES string of the molecule is c1ccc2c(c1)Cc1ccc3c4c1C2c1cccc[n+]1C41c2c(ccc4c2C(c2ccccc2C4)c2cccc[n+]21)C3. The van der Waals surface area contributed by atoms with Crippen LogP contribution in [0.25, 0.3) is 0 Å². The second-order valence-electron chi connectivity index (χ2n) is 12.8. The molecule has 6 aromatic rings. The molecule has 0 amide bonds. The highest BCUT2D eigenvalue weighted by Gasteiger charge is 2.69. The number of fused-ring (bicyclic) bond motifs is 8. The molecule has 2 aliphatic heterocycles. The van der Waals surface area contributed by atoms with Crippen LogP contribution in [0.1, 0.15) is 90.0 Å². The van der Waals surface area contributed by atoms with Crippen LogP contribution in [-0.4, -0.2) is 0 Å². The van der Waals surface area contributed by atoms with E-state index in [-0.39, 0.29) is 11.8 Å². The van der Waals surface area contributed by atoms with Crippen molar-refractivity contribution < 1.29 is 9.13 Å². The first-order valence-corrected chi connectivity index (χ1v) is 15.3. The molecule has 0 saturated heterocycles. The van der Waals surface area contributed by atoms with Gasteiger partial charge >= 0.3 is 5.66 Å². The first-order valence-electron chi connectivity index (χ1n) is 15.3. The molecule has 0 radical (unpaired) electrons. The Kier molecular flexibility index (Phi) is 3.81. The second kappa shape index (κ2) is 7.33. The van der Waals surface area contributed by atoms with Gasteiger partial charge in [-0.25, -0.2) is 0 Å². The highest BCUT2D eigenvalue weighted by molar-refractivity contribution is 5.68. The summed E-state index contributed by atoms with van der Waals surface area (Å²) in [4.78, 5) is 0. The predicted octanol–water partition coefficient (Wildman–Crippen LogP) is 6.26. The minimum absolute atomic E-state index is 0.235. The minimum Gasteiger partial charge on any atom is -0.129 e. The summed E-state index contributed by atoms with van der Waals surface area (Å²) in [6, 6.07) is 41.9. The first kappa shape index (κ1) is 21.9. The number of benzene rings is 4. The Bertz CT molecular complexity index is 2050. The van der Waals surface area contributed by atoms with Gasteiger partial charge in [-0.1, -0.05) is 84.9 Å². The van der Waals surface area contributed by atoms with Crippen molar-refractivity contribution in [2.45, 2.75) is 36.8 Å². The number of rotatable bonds is 0. The molecule has 5 aliphatic rings. The van der Waals surface area contributed by atoms with Crippen LogP contribution in [0.4, 0.5) is 0 Å². The molecule has 0 fully saturated rings. The normalized spacial score (nSPS) is 22.1. The van der Waals surface area contributed by atoms with Gasteiger partial charge in [0.1, 0.15) is 11.1 Å². The van der Waals surface area contributed by atoms with Gasteiger partial charge in [0.25, 0.3) is 0 Å². The lowest BCUT2D eigenvalue weighted by molar-refractivity contribution is -0.980. The van der Waals surface area contributed by atoms with Gasteiger partial charge in [0, 0.05) is 24.3 Å². The Morgan fingerprint density at radius 3 is 1.38 bits per heavy atom. The summed E-state index contributed by atoms with van der Waals surface area (Å²) in [6.07, 6.45) is 7.74. The molecule has 2 atom stereocenters. The molecule has 3 aliphatic carbocycles. The van der Waals surface area contributed by atoms with Gasteiger partial charge in [0.05, 0.1) is 11.8 Å². The summed E-state index contributed by atoms with van der Waals surface area (Å²) < 4.78 is 5.35. The number of hydrogen-bond donors (Lipinski definition) is 0. The van der Waals surface area contributed by atoms with Crippen molar-refractivity contribution in [3.63, 3.8) is 0 Å². The maximum Gasteiger partial charge on any atom is 0.416 e. The summed E-state index contributed by atoms with van der Waals surface area (Å²) in [7, 11) is 0. The number of nitrogens with zero attached hydrogens (tertiary/aromatic N) is 2. The summed E-state index contributed by atoms with van der Waals surface area (Å²) in [5.74, 6) is 0.470. The lowest BCUT2D eigenvalue weighted by Gasteiger charge is -2.46. The highest BCUT2D eigenvalue weighted by atomic mass is 15.3. The molecule has 2 heteroatoms. The van der Waals surface area contributed by atoms with Gasteiger partial charge in [0.15, 0.2) is 12.4 Å². The fourth-order valence-electron chi connectivity index (χ4n) is 9.69. The van der Waals surface area contributed by atoms with Crippen LogP contribution in [0.5, 0.6) is 0 Å². The smallest absolute Gasteiger partial charge is 0.129 e. The number of aromatic nitrogens is 2. The third-order valence-corrected chi connectivity index (χ3v) is 11.1. The topological polar surface area (TPSA) is 7.76 Å². The van der Waals surface area contributed by atoms with Crippen molar-refractivity contribution in [3.8, 4) is 0 Å². The fraction of sp³-hybridized carbons (Fsp3) is 0.150. The van der Waals surface area contributed by atoms with E-state index in [2.05, 4.69) is 131 Å². The van der Waals surface area contributed by atoms with Crippen LogP contribution in [-0.2, 0) is 24.9 Å². The molecule has 42 heavy (non-hydrogen) atoms. The summed E-state index contributed by atoms with van der Waals surface area (Å²) >= 11 is 0. The first-order chi connectivity index (χ1) is 20.8. The lowest BCUT2D eigenvalue weighted by atomic mass is 9.60. The Hall–Kier alpha value is -4.82. The Morgan fingerprint density at radius 1 is 0.429 bits per heavy atom. The van der Waals surface area contributed by atoms with Gasteiger partial charge in [-0.15, -0.1) is 9.13 Å². The monoisotopic (exact) mass is 536 g/mol. The molecule has 196 valence electrons. The maximum atomic E-state index is 2.67. The fourth-order valence-corrected chi connectivity index (χ4v) is 9.69. The molecule has 1 spiro atoms. The van der Waals surface area contributed by atoms with Gasteiger partial charge < -0.3 is 0 Å². The minimum atomic E-state index is -0.460. The zero-order chi connectivity index (χ0) is 27.2. The average molecular weight is 537 g/mol. The Labute approximate surface area is 245 Å². The van der Waals surface area contributed by atoms with Crippen LogP contribution in [0.3, 0.4) is 0 Å². The van der Waals surface area contributed by atoms with Crippen molar-refractivity contribution in [2.75, 3.05) is 0 Å².